The standard InChI is InChI=1S/C21H21N3O2/c1-15(25)22-14-18-12-21(26)24-20(23-18)13-19(16-8-4-2-5-9-16)17-10-6-3-7-11-17/h2-12,19H,13-14H2,1H3,(H,22,25)(H,23,24,26). The summed E-state index contributed by atoms with van der Waals surface area (Å²) in [5.41, 5.74) is 2.66. The highest BCUT2D eigenvalue weighted by Gasteiger charge is 2.16. The summed E-state index contributed by atoms with van der Waals surface area (Å²) < 4.78 is 0. The predicted octanol–water partition coefficient (Wildman–Crippen LogP) is 2.78. The lowest BCUT2D eigenvalue weighted by Gasteiger charge is -2.18. The highest BCUT2D eigenvalue weighted by molar-refractivity contribution is 5.72. The average molecular weight is 347 g/mol. The van der Waals surface area contributed by atoms with Crippen molar-refractivity contribution in [3.8, 4) is 0 Å². The number of hydrogen-bond donors (Lipinski definition) is 2. The maximum absolute atomic E-state index is 12.0. The number of carbonyl (C=O) groups is 1. The van der Waals surface area contributed by atoms with Crippen LogP contribution in [0, 0.1) is 0 Å². The van der Waals surface area contributed by atoms with Crippen LogP contribution < -0.4 is 10.9 Å². The van der Waals surface area contributed by atoms with Gasteiger partial charge in [-0.25, -0.2) is 4.98 Å². The third-order valence-corrected chi connectivity index (χ3v) is 4.16. The predicted molar refractivity (Wildman–Crippen MR) is 101 cm³/mol. The van der Waals surface area contributed by atoms with E-state index in [0.29, 0.717) is 17.9 Å². The quantitative estimate of drug-likeness (QED) is 0.720. The van der Waals surface area contributed by atoms with Gasteiger partial charge in [-0.3, -0.25) is 9.59 Å². The number of benzene rings is 2. The van der Waals surface area contributed by atoms with Crippen molar-refractivity contribution >= 4 is 5.91 Å². The van der Waals surface area contributed by atoms with E-state index in [-0.39, 0.29) is 23.9 Å². The third kappa shape index (κ3) is 4.66. The van der Waals surface area contributed by atoms with Gasteiger partial charge in [0.2, 0.25) is 5.91 Å². The van der Waals surface area contributed by atoms with Crippen molar-refractivity contribution in [1.29, 1.82) is 0 Å². The zero-order valence-corrected chi connectivity index (χ0v) is 14.6. The number of aromatic nitrogens is 2. The Labute approximate surface area is 152 Å². The van der Waals surface area contributed by atoms with E-state index in [1.807, 2.05) is 36.4 Å². The van der Waals surface area contributed by atoms with Crippen LogP contribution in [0.3, 0.4) is 0 Å². The Morgan fingerprint density at radius 3 is 2.15 bits per heavy atom. The molecule has 0 atom stereocenters. The number of hydrogen-bond acceptors (Lipinski definition) is 3. The third-order valence-electron chi connectivity index (χ3n) is 4.16. The molecule has 1 heterocycles. The molecule has 0 spiro atoms. The van der Waals surface area contributed by atoms with E-state index >= 15 is 0 Å². The van der Waals surface area contributed by atoms with Gasteiger partial charge >= 0.3 is 0 Å². The van der Waals surface area contributed by atoms with Gasteiger partial charge in [-0.15, -0.1) is 0 Å². The molecule has 0 radical (unpaired) electrons. The van der Waals surface area contributed by atoms with E-state index in [1.54, 1.807) is 0 Å². The van der Waals surface area contributed by atoms with Crippen LogP contribution in [0.15, 0.2) is 71.5 Å². The summed E-state index contributed by atoms with van der Waals surface area (Å²) in [6.45, 7) is 1.68. The molecule has 1 aromatic heterocycles. The number of nitrogens with one attached hydrogen (secondary N) is 2. The van der Waals surface area contributed by atoms with Crippen molar-refractivity contribution in [1.82, 2.24) is 15.3 Å². The van der Waals surface area contributed by atoms with Crippen LogP contribution in [-0.4, -0.2) is 15.9 Å². The first kappa shape index (κ1) is 17.6. The second kappa shape index (κ2) is 8.25. The molecule has 0 saturated heterocycles. The van der Waals surface area contributed by atoms with Crippen LogP contribution in [0.25, 0.3) is 0 Å². The SMILES string of the molecule is CC(=O)NCc1cc(=O)[nH]c(CC(c2ccccc2)c2ccccc2)n1. The molecular formula is C21H21N3O2. The molecule has 0 aliphatic heterocycles. The minimum absolute atomic E-state index is 0.0802. The largest absolute Gasteiger partial charge is 0.351 e. The van der Waals surface area contributed by atoms with Gasteiger partial charge in [0.25, 0.3) is 5.56 Å². The molecule has 0 bridgehead atoms. The molecule has 5 nitrogen and oxygen atoms in total. The summed E-state index contributed by atoms with van der Waals surface area (Å²) in [5.74, 6) is 0.534. The van der Waals surface area contributed by atoms with Gasteiger partial charge < -0.3 is 10.3 Å². The van der Waals surface area contributed by atoms with Crippen molar-refractivity contribution in [2.24, 2.45) is 0 Å². The molecule has 0 aliphatic carbocycles. The molecule has 3 aromatic rings. The summed E-state index contributed by atoms with van der Waals surface area (Å²) in [4.78, 5) is 30.5. The molecule has 2 aromatic carbocycles. The van der Waals surface area contributed by atoms with Crippen molar-refractivity contribution < 1.29 is 4.79 Å². The molecule has 0 aliphatic rings. The Morgan fingerprint density at radius 2 is 1.62 bits per heavy atom. The van der Waals surface area contributed by atoms with Gasteiger partial charge in [0.15, 0.2) is 0 Å². The van der Waals surface area contributed by atoms with E-state index in [1.165, 1.54) is 13.0 Å². The number of nitrogens with zero attached hydrogens (tertiary/aromatic N) is 1. The lowest BCUT2D eigenvalue weighted by molar-refractivity contribution is -0.119. The Balaban J connectivity index is 1.92. The molecule has 0 saturated carbocycles. The van der Waals surface area contributed by atoms with Crippen LogP contribution >= 0.6 is 0 Å². The van der Waals surface area contributed by atoms with Gasteiger partial charge in [0, 0.05) is 25.3 Å². The fourth-order valence-corrected chi connectivity index (χ4v) is 2.96. The van der Waals surface area contributed by atoms with E-state index in [9.17, 15) is 9.59 Å². The van der Waals surface area contributed by atoms with Crippen LogP contribution in [-0.2, 0) is 17.8 Å². The fourth-order valence-electron chi connectivity index (χ4n) is 2.96. The Morgan fingerprint density at radius 1 is 1.04 bits per heavy atom. The van der Waals surface area contributed by atoms with Crippen LogP contribution in [0.4, 0.5) is 0 Å². The summed E-state index contributed by atoms with van der Waals surface area (Å²) in [6, 6.07) is 21.7. The summed E-state index contributed by atoms with van der Waals surface area (Å²) in [5, 5.41) is 2.68. The Hall–Kier alpha value is -3.21. The molecule has 3 rings (SSSR count). The maximum atomic E-state index is 12.0. The number of aromatic amines is 1. The molecule has 132 valence electrons. The first-order valence-corrected chi connectivity index (χ1v) is 8.55. The average Bonchev–Trinajstić information content (AvgIpc) is 2.65. The Kier molecular flexibility index (Phi) is 5.59. The molecule has 26 heavy (non-hydrogen) atoms. The van der Waals surface area contributed by atoms with E-state index < -0.39 is 0 Å². The number of carbonyl (C=O) groups excluding carboxylic acids is 1. The van der Waals surface area contributed by atoms with Crippen molar-refractivity contribution in [2.75, 3.05) is 0 Å². The van der Waals surface area contributed by atoms with E-state index in [0.717, 1.165) is 11.1 Å². The molecule has 1 amide bonds. The second-order valence-corrected chi connectivity index (χ2v) is 6.17. The first-order valence-electron chi connectivity index (χ1n) is 8.55. The molecular weight excluding hydrogens is 326 g/mol. The second-order valence-electron chi connectivity index (χ2n) is 6.17. The highest BCUT2D eigenvalue weighted by Crippen LogP contribution is 2.27. The summed E-state index contributed by atoms with van der Waals surface area (Å²) in [6.07, 6.45) is 0.567. The molecule has 2 N–H and O–H groups in total. The van der Waals surface area contributed by atoms with Gasteiger partial charge in [0.05, 0.1) is 12.2 Å². The summed E-state index contributed by atoms with van der Waals surface area (Å²) in [7, 11) is 0. The van der Waals surface area contributed by atoms with Crippen molar-refractivity contribution in [2.45, 2.75) is 25.8 Å². The molecule has 0 unspecified atom stereocenters. The zero-order valence-electron chi connectivity index (χ0n) is 14.6. The maximum Gasteiger partial charge on any atom is 0.251 e. The van der Waals surface area contributed by atoms with Gasteiger partial charge in [-0.05, 0) is 11.1 Å². The van der Waals surface area contributed by atoms with Gasteiger partial charge in [-0.1, -0.05) is 60.7 Å². The normalized spacial score (nSPS) is 10.7. The first-order chi connectivity index (χ1) is 12.6. The summed E-state index contributed by atoms with van der Waals surface area (Å²) >= 11 is 0. The molecule has 5 heteroatoms. The minimum Gasteiger partial charge on any atom is -0.351 e. The Bertz CT molecular complexity index is 881. The minimum atomic E-state index is -0.213. The lowest BCUT2D eigenvalue weighted by atomic mass is 9.88. The number of rotatable bonds is 6. The monoisotopic (exact) mass is 347 g/mol. The molecule has 0 fully saturated rings. The lowest BCUT2D eigenvalue weighted by Crippen LogP contribution is -2.23. The van der Waals surface area contributed by atoms with Crippen LogP contribution in [0.5, 0.6) is 0 Å². The smallest absolute Gasteiger partial charge is 0.251 e. The number of amides is 1. The zero-order chi connectivity index (χ0) is 18.4. The fraction of sp³-hybridized carbons (Fsp3) is 0.190. The topological polar surface area (TPSA) is 74.8 Å². The highest BCUT2D eigenvalue weighted by atomic mass is 16.1. The van der Waals surface area contributed by atoms with Gasteiger partial charge in [-0.2, -0.15) is 0 Å². The number of H-pyrrole nitrogens is 1. The van der Waals surface area contributed by atoms with Gasteiger partial charge in [0.1, 0.15) is 5.82 Å². The van der Waals surface area contributed by atoms with Crippen LogP contribution in [0.2, 0.25) is 0 Å². The van der Waals surface area contributed by atoms with Crippen molar-refractivity contribution in [3.05, 3.63) is 99.7 Å². The van der Waals surface area contributed by atoms with Crippen LogP contribution in [0.1, 0.15) is 35.5 Å². The van der Waals surface area contributed by atoms with Crippen molar-refractivity contribution in [3.63, 3.8) is 0 Å². The van der Waals surface area contributed by atoms with E-state index in [4.69, 9.17) is 0 Å². The van der Waals surface area contributed by atoms with E-state index in [2.05, 4.69) is 39.6 Å².